The van der Waals surface area contributed by atoms with Crippen LogP contribution >= 0.6 is 0 Å². The predicted molar refractivity (Wildman–Crippen MR) is 120 cm³/mol. The molecule has 1 heterocycles. The van der Waals surface area contributed by atoms with Crippen LogP contribution in [0.3, 0.4) is 0 Å². The molecule has 4 aromatic rings. The van der Waals surface area contributed by atoms with E-state index in [2.05, 4.69) is 51.7 Å². The van der Waals surface area contributed by atoms with E-state index in [1.165, 1.54) is 7.11 Å². The molecule has 1 atom stereocenters. The van der Waals surface area contributed by atoms with Gasteiger partial charge in [-0.3, -0.25) is 4.79 Å². The molecule has 1 unspecified atom stereocenters. The zero-order valence-electron chi connectivity index (χ0n) is 16.9. The van der Waals surface area contributed by atoms with Crippen LogP contribution in [0.25, 0.3) is 22.2 Å². The number of carbonyl (C=O) groups excluding carboxylic acids is 1. The molecule has 0 fully saturated rings. The first-order chi connectivity index (χ1) is 14.7. The quantitative estimate of drug-likeness (QED) is 0.245. The summed E-state index contributed by atoms with van der Waals surface area (Å²) in [6.45, 7) is 1.91. The van der Waals surface area contributed by atoms with Crippen molar-refractivity contribution in [1.82, 2.24) is 9.97 Å². The first-order valence-electron chi connectivity index (χ1n) is 9.74. The average Bonchev–Trinajstić information content (AvgIpc) is 3.27. The lowest BCUT2D eigenvalue weighted by atomic mass is 9.95. The van der Waals surface area contributed by atoms with Crippen molar-refractivity contribution in [3.05, 3.63) is 96.0 Å². The molecule has 150 valence electrons. The van der Waals surface area contributed by atoms with Gasteiger partial charge in [0.2, 0.25) is 0 Å². The Hall–Kier alpha value is -3.86. The molecule has 1 aromatic heterocycles. The van der Waals surface area contributed by atoms with Crippen LogP contribution in [0, 0.1) is 0 Å². The van der Waals surface area contributed by atoms with E-state index >= 15 is 0 Å². The van der Waals surface area contributed by atoms with Gasteiger partial charge in [0.25, 0.3) is 0 Å². The SMILES string of the molecule is CO/C(C=O)=C(\C)C(Nc1ccc2nc[nH]c2c1)c1ccc(-c2ccccc2)cc1. The van der Waals surface area contributed by atoms with E-state index in [0.29, 0.717) is 5.76 Å². The van der Waals surface area contributed by atoms with Crippen molar-refractivity contribution in [1.29, 1.82) is 0 Å². The molecule has 0 saturated heterocycles. The molecular weight excluding hydrogens is 374 g/mol. The lowest BCUT2D eigenvalue weighted by molar-refractivity contribution is -0.107. The van der Waals surface area contributed by atoms with Crippen LogP contribution in [0.1, 0.15) is 18.5 Å². The number of hydrogen-bond donors (Lipinski definition) is 2. The molecule has 2 N–H and O–H groups in total. The van der Waals surface area contributed by atoms with E-state index in [4.69, 9.17) is 4.74 Å². The summed E-state index contributed by atoms with van der Waals surface area (Å²) in [7, 11) is 1.51. The Morgan fingerprint density at radius 1 is 1.03 bits per heavy atom. The Kier molecular flexibility index (Phi) is 5.61. The standard InChI is InChI=1S/C25H23N3O2/c1-17(24(15-29)30-2)25(28-21-12-13-22-23(14-21)27-16-26-22)20-10-8-19(9-11-20)18-6-4-3-5-7-18/h3-16,25,28H,1-2H3,(H,26,27)/b24-17+. The number of aromatic amines is 1. The van der Waals surface area contributed by atoms with Gasteiger partial charge in [-0.2, -0.15) is 0 Å². The summed E-state index contributed by atoms with van der Waals surface area (Å²) in [5, 5.41) is 3.54. The zero-order chi connectivity index (χ0) is 20.9. The van der Waals surface area contributed by atoms with Crippen LogP contribution in [0.15, 0.2) is 90.5 Å². The van der Waals surface area contributed by atoms with Crippen molar-refractivity contribution in [2.24, 2.45) is 0 Å². The minimum Gasteiger partial charge on any atom is -0.493 e. The molecule has 5 nitrogen and oxygen atoms in total. The number of anilines is 1. The van der Waals surface area contributed by atoms with E-state index in [1.54, 1.807) is 6.33 Å². The molecule has 0 aliphatic carbocycles. The van der Waals surface area contributed by atoms with E-state index in [1.807, 2.05) is 43.3 Å². The fourth-order valence-corrected chi connectivity index (χ4v) is 3.58. The van der Waals surface area contributed by atoms with Crippen LogP contribution in [-0.2, 0) is 9.53 Å². The van der Waals surface area contributed by atoms with Gasteiger partial charge in [-0.1, -0.05) is 54.6 Å². The molecule has 0 bridgehead atoms. The van der Waals surface area contributed by atoms with Gasteiger partial charge in [0.05, 0.1) is 30.5 Å². The van der Waals surface area contributed by atoms with Crippen molar-refractivity contribution >= 4 is 23.0 Å². The normalized spacial score (nSPS) is 12.9. The van der Waals surface area contributed by atoms with E-state index in [9.17, 15) is 4.79 Å². The molecule has 3 aromatic carbocycles. The lowest BCUT2D eigenvalue weighted by Crippen LogP contribution is -2.15. The summed E-state index contributed by atoms with van der Waals surface area (Å²) >= 11 is 0. The summed E-state index contributed by atoms with van der Waals surface area (Å²) in [5.74, 6) is 0.322. The number of allylic oxidation sites excluding steroid dienone is 1. The third-order valence-corrected chi connectivity index (χ3v) is 5.23. The van der Waals surface area contributed by atoms with Gasteiger partial charge in [0.1, 0.15) is 0 Å². The summed E-state index contributed by atoms with van der Waals surface area (Å²) in [6.07, 6.45) is 2.43. The summed E-state index contributed by atoms with van der Waals surface area (Å²) in [6, 6.07) is 24.3. The number of benzene rings is 3. The number of rotatable bonds is 7. The van der Waals surface area contributed by atoms with Crippen molar-refractivity contribution in [3.8, 4) is 11.1 Å². The number of fused-ring (bicyclic) bond motifs is 1. The Balaban J connectivity index is 1.71. The van der Waals surface area contributed by atoms with Gasteiger partial charge < -0.3 is 15.0 Å². The predicted octanol–water partition coefficient (Wildman–Crippen LogP) is 5.50. The maximum absolute atomic E-state index is 11.5. The number of nitrogens with zero attached hydrogens (tertiary/aromatic N) is 1. The molecule has 0 radical (unpaired) electrons. The molecule has 30 heavy (non-hydrogen) atoms. The number of hydrogen-bond acceptors (Lipinski definition) is 4. The number of H-pyrrole nitrogens is 1. The molecular formula is C25H23N3O2. The zero-order valence-corrected chi connectivity index (χ0v) is 16.9. The molecule has 0 saturated carbocycles. The van der Waals surface area contributed by atoms with Crippen LogP contribution in [0.5, 0.6) is 0 Å². The maximum atomic E-state index is 11.5. The second-order valence-electron chi connectivity index (χ2n) is 7.07. The number of aldehydes is 1. The van der Waals surface area contributed by atoms with Gasteiger partial charge in [-0.25, -0.2) is 4.98 Å². The topological polar surface area (TPSA) is 67.0 Å². The lowest BCUT2D eigenvalue weighted by Gasteiger charge is -2.23. The van der Waals surface area contributed by atoms with Crippen molar-refractivity contribution < 1.29 is 9.53 Å². The van der Waals surface area contributed by atoms with E-state index in [0.717, 1.165) is 45.3 Å². The number of methoxy groups -OCH3 is 1. The Labute approximate surface area is 175 Å². The molecule has 5 heteroatoms. The van der Waals surface area contributed by atoms with E-state index < -0.39 is 0 Å². The third kappa shape index (κ3) is 3.96. The molecule has 0 aliphatic heterocycles. The number of ether oxygens (including phenoxy) is 1. The highest BCUT2D eigenvalue weighted by molar-refractivity contribution is 5.79. The van der Waals surface area contributed by atoms with Crippen LogP contribution in [0.2, 0.25) is 0 Å². The van der Waals surface area contributed by atoms with Crippen molar-refractivity contribution in [2.45, 2.75) is 13.0 Å². The Morgan fingerprint density at radius 3 is 2.47 bits per heavy atom. The smallest absolute Gasteiger partial charge is 0.184 e. The highest BCUT2D eigenvalue weighted by atomic mass is 16.5. The Morgan fingerprint density at radius 2 is 1.77 bits per heavy atom. The highest BCUT2D eigenvalue weighted by Gasteiger charge is 2.18. The van der Waals surface area contributed by atoms with Gasteiger partial charge in [0.15, 0.2) is 12.0 Å². The summed E-state index contributed by atoms with van der Waals surface area (Å²) < 4.78 is 5.31. The second-order valence-corrected chi connectivity index (χ2v) is 7.07. The first-order valence-corrected chi connectivity index (χ1v) is 9.74. The molecule has 4 rings (SSSR count). The van der Waals surface area contributed by atoms with Gasteiger partial charge >= 0.3 is 0 Å². The van der Waals surface area contributed by atoms with Gasteiger partial charge in [-0.05, 0) is 47.4 Å². The van der Waals surface area contributed by atoms with Crippen LogP contribution in [-0.4, -0.2) is 23.4 Å². The molecule has 0 spiro atoms. The number of carbonyl (C=O) groups is 1. The van der Waals surface area contributed by atoms with Crippen LogP contribution in [0.4, 0.5) is 5.69 Å². The second kappa shape index (κ2) is 8.66. The Bertz CT molecular complexity index is 1180. The third-order valence-electron chi connectivity index (χ3n) is 5.23. The monoisotopic (exact) mass is 397 g/mol. The molecule has 0 aliphatic rings. The largest absolute Gasteiger partial charge is 0.493 e. The maximum Gasteiger partial charge on any atom is 0.184 e. The van der Waals surface area contributed by atoms with Crippen molar-refractivity contribution in [2.75, 3.05) is 12.4 Å². The minimum absolute atomic E-state index is 0.227. The summed E-state index contributed by atoms with van der Waals surface area (Å²) in [5.41, 5.74) is 6.92. The fourth-order valence-electron chi connectivity index (χ4n) is 3.58. The van der Waals surface area contributed by atoms with Crippen molar-refractivity contribution in [3.63, 3.8) is 0 Å². The summed E-state index contributed by atoms with van der Waals surface area (Å²) in [4.78, 5) is 18.9. The van der Waals surface area contributed by atoms with Crippen LogP contribution < -0.4 is 5.32 Å². The van der Waals surface area contributed by atoms with E-state index in [-0.39, 0.29) is 6.04 Å². The van der Waals surface area contributed by atoms with Gasteiger partial charge in [-0.15, -0.1) is 0 Å². The fraction of sp³-hybridized carbons (Fsp3) is 0.120. The highest BCUT2D eigenvalue weighted by Crippen LogP contribution is 2.31. The van der Waals surface area contributed by atoms with Gasteiger partial charge in [0, 0.05) is 5.69 Å². The first kappa shape index (κ1) is 19.5. The average molecular weight is 397 g/mol. The number of aromatic nitrogens is 2. The minimum atomic E-state index is -0.227. The number of imidazole rings is 1. The number of nitrogens with one attached hydrogen (secondary N) is 2. The molecule has 0 amide bonds.